The predicted molar refractivity (Wildman–Crippen MR) is 145 cm³/mol. The molecule has 1 fully saturated rings. The van der Waals surface area contributed by atoms with Gasteiger partial charge in [0.1, 0.15) is 10.1 Å². The van der Waals surface area contributed by atoms with E-state index in [1.807, 2.05) is 72.8 Å². The molecule has 0 bridgehead atoms. The van der Waals surface area contributed by atoms with Crippen molar-refractivity contribution in [2.45, 2.75) is 13.0 Å². The number of halogens is 1. The smallest absolute Gasteiger partial charge is 0.266 e. The van der Waals surface area contributed by atoms with Crippen molar-refractivity contribution in [2.75, 3.05) is 20.3 Å². The Labute approximate surface area is 219 Å². The number of methoxy groups -OCH3 is 1. The number of benzene rings is 3. The molecule has 0 aliphatic carbocycles. The van der Waals surface area contributed by atoms with E-state index in [9.17, 15) is 4.79 Å². The summed E-state index contributed by atoms with van der Waals surface area (Å²) in [6.07, 6.45) is 2.45. The van der Waals surface area contributed by atoms with Crippen molar-refractivity contribution in [3.8, 4) is 17.2 Å². The molecular weight excluding hydrogens is 502 g/mol. The van der Waals surface area contributed by atoms with Gasteiger partial charge in [0.15, 0.2) is 11.5 Å². The maximum absolute atomic E-state index is 13.1. The Kier molecular flexibility index (Phi) is 8.69. The molecule has 3 aromatic rings. The monoisotopic (exact) mass is 525 g/mol. The third-order valence-corrected chi connectivity index (χ3v) is 6.89. The number of hydrogen-bond donors (Lipinski definition) is 0. The largest absolute Gasteiger partial charge is 0.493 e. The van der Waals surface area contributed by atoms with E-state index in [-0.39, 0.29) is 5.91 Å². The zero-order valence-corrected chi connectivity index (χ0v) is 21.5. The topological polar surface area (TPSA) is 48.0 Å². The van der Waals surface area contributed by atoms with Crippen LogP contribution >= 0.6 is 35.6 Å². The number of nitrogens with zero attached hydrogens (tertiary/aromatic N) is 1. The standard InChI is InChI=1S/C27H24ClNO4S2/c1-31-23-14-7-11-20(25(23)33-16-8-15-32-22-13-6-5-12-21(22)28)17-24-26(30)29(27(34)35-24)18-19-9-3-2-4-10-19/h2-7,9-14,17H,8,15-16,18H2,1H3/b24-17-. The second-order valence-corrected chi connectivity index (χ2v) is 9.70. The van der Waals surface area contributed by atoms with Crippen LogP contribution in [0.25, 0.3) is 6.08 Å². The number of amides is 1. The van der Waals surface area contributed by atoms with E-state index in [0.29, 0.717) is 57.7 Å². The van der Waals surface area contributed by atoms with E-state index in [4.69, 9.17) is 38.0 Å². The van der Waals surface area contributed by atoms with Crippen LogP contribution in [0.2, 0.25) is 5.02 Å². The molecule has 35 heavy (non-hydrogen) atoms. The van der Waals surface area contributed by atoms with Crippen molar-refractivity contribution < 1.29 is 19.0 Å². The van der Waals surface area contributed by atoms with E-state index in [2.05, 4.69) is 0 Å². The highest BCUT2D eigenvalue weighted by Crippen LogP contribution is 2.38. The minimum atomic E-state index is -0.120. The van der Waals surface area contributed by atoms with E-state index in [1.54, 1.807) is 18.1 Å². The molecule has 3 aromatic carbocycles. The molecule has 4 rings (SSSR count). The number of carbonyl (C=O) groups excluding carboxylic acids is 1. The highest BCUT2D eigenvalue weighted by atomic mass is 35.5. The maximum Gasteiger partial charge on any atom is 0.266 e. The second-order valence-electron chi connectivity index (χ2n) is 7.61. The summed E-state index contributed by atoms with van der Waals surface area (Å²) >= 11 is 12.9. The van der Waals surface area contributed by atoms with Crippen LogP contribution in [0.5, 0.6) is 17.2 Å². The Morgan fingerprint density at radius 1 is 0.943 bits per heavy atom. The molecule has 180 valence electrons. The van der Waals surface area contributed by atoms with E-state index < -0.39 is 0 Å². The first-order valence-electron chi connectivity index (χ1n) is 11.0. The molecular formula is C27H24ClNO4S2. The summed E-state index contributed by atoms with van der Waals surface area (Å²) in [6.45, 7) is 1.29. The quantitative estimate of drug-likeness (QED) is 0.169. The highest BCUT2D eigenvalue weighted by Gasteiger charge is 2.32. The van der Waals surface area contributed by atoms with E-state index in [1.165, 1.54) is 11.8 Å². The summed E-state index contributed by atoms with van der Waals surface area (Å²) in [5.74, 6) is 1.68. The molecule has 1 amide bonds. The molecule has 0 aromatic heterocycles. The Bertz CT molecular complexity index is 1230. The van der Waals surface area contributed by atoms with Crippen LogP contribution in [-0.2, 0) is 11.3 Å². The molecule has 0 spiro atoms. The van der Waals surface area contributed by atoms with E-state index >= 15 is 0 Å². The van der Waals surface area contributed by atoms with Crippen molar-refractivity contribution in [3.05, 3.63) is 93.9 Å². The number of thioether (sulfide) groups is 1. The molecule has 0 radical (unpaired) electrons. The van der Waals surface area contributed by atoms with Crippen molar-refractivity contribution in [2.24, 2.45) is 0 Å². The molecule has 1 saturated heterocycles. The maximum atomic E-state index is 13.1. The molecule has 0 unspecified atom stereocenters. The summed E-state index contributed by atoms with van der Waals surface area (Å²) in [4.78, 5) is 15.3. The van der Waals surface area contributed by atoms with Crippen LogP contribution < -0.4 is 14.2 Å². The van der Waals surface area contributed by atoms with Gasteiger partial charge in [-0.1, -0.05) is 90.2 Å². The normalized spacial score (nSPS) is 14.5. The Balaban J connectivity index is 1.43. The van der Waals surface area contributed by atoms with Gasteiger partial charge in [0, 0.05) is 12.0 Å². The van der Waals surface area contributed by atoms with Crippen LogP contribution in [0, 0.1) is 0 Å². The number of ether oxygens (including phenoxy) is 3. The van der Waals surface area contributed by atoms with Gasteiger partial charge in [0.2, 0.25) is 0 Å². The SMILES string of the molecule is COc1cccc(/C=C2\SC(=S)N(Cc3ccccc3)C2=O)c1OCCCOc1ccccc1Cl. The van der Waals surface area contributed by atoms with Gasteiger partial charge in [-0.25, -0.2) is 0 Å². The molecule has 1 aliphatic heterocycles. The van der Waals surface area contributed by atoms with Crippen molar-refractivity contribution >= 4 is 51.9 Å². The summed E-state index contributed by atoms with van der Waals surface area (Å²) in [5, 5.41) is 0.574. The first kappa shape index (κ1) is 25.1. The molecule has 5 nitrogen and oxygen atoms in total. The van der Waals surface area contributed by atoms with Gasteiger partial charge in [0.05, 0.1) is 36.8 Å². The van der Waals surface area contributed by atoms with Crippen molar-refractivity contribution in [3.63, 3.8) is 0 Å². The van der Waals surface area contributed by atoms with Gasteiger partial charge in [0.25, 0.3) is 5.91 Å². The van der Waals surface area contributed by atoms with E-state index in [0.717, 1.165) is 11.1 Å². The zero-order valence-electron chi connectivity index (χ0n) is 19.1. The lowest BCUT2D eigenvalue weighted by Gasteiger charge is -2.15. The lowest BCUT2D eigenvalue weighted by atomic mass is 10.1. The van der Waals surface area contributed by atoms with Gasteiger partial charge in [-0.3, -0.25) is 9.69 Å². The summed E-state index contributed by atoms with van der Waals surface area (Å²) in [5.41, 5.74) is 1.77. The second kappa shape index (κ2) is 12.1. The minimum absolute atomic E-state index is 0.120. The first-order valence-corrected chi connectivity index (χ1v) is 12.6. The van der Waals surface area contributed by atoms with Gasteiger partial charge < -0.3 is 14.2 Å². The van der Waals surface area contributed by atoms with Crippen LogP contribution in [0.3, 0.4) is 0 Å². The molecule has 1 heterocycles. The van der Waals surface area contributed by atoms with Gasteiger partial charge in [-0.2, -0.15) is 0 Å². The number of thiocarbonyl (C=S) groups is 1. The van der Waals surface area contributed by atoms with Gasteiger partial charge >= 0.3 is 0 Å². The van der Waals surface area contributed by atoms with Crippen molar-refractivity contribution in [1.82, 2.24) is 4.90 Å². The fourth-order valence-electron chi connectivity index (χ4n) is 3.48. The predicted octanol–water partition coefficient (Wildman–Crippen LogP) is 6.60. The third kappa shape index (κ3) is 6.36. The lowest BCUT2D eigenvalue weighted by molar-refractivity contribution is -0.122. The first-order chi connectivity index (χ1) is 17.1. The molecule has 0 saturated carbocycles. The number of rotatable bonds is 10. The molecule has 8 heteroatoms. The van der Waals surface area contributed by atoms with Crippen LogP contribution in [0.1, 0.15) is 17.5 Å². The fourth-order valence-corrected chi connectivity index (χ4v) is 4.92. The fraction of sp³-hybridized carbons (Fsp3) is 0.185. The summed E-state index contributed by atoms with van der Waals surface area (Å²) < 4.78 is 17.8. The number of para-hydroxylation sites is 2. The average Bonchev–Trinajstić information content (AvgIpc) is 3.13. The van der Waals surface area contributed by atoms with Crippen LogP contribution in [0.15, 0.2) is 77.7 Å². The lowest BCUT2D eigenvalue weighted by Crippen LogP contribution is -2.27. The average molecular weight is 526 g/mol. The van der Waals surface area contributed by atoms with Gasteiger partial charge in [-0.05, 0) is 29.8 Å². The van der Waals surface area contributed by atoms with Crippen LogP contribution in [0.4, 0.5) is 0 Å². The minimum Gasteiger partial charge on any atom is -0.493 e. The summed E-state index contributed by atoms with van der Waals surface area (Å²) in [6, 6.07) is 22.7. The number of carbonyl (C=O) groups is 1. The Morgan fingerprint density at radius 3 is 2.43 bits per heavy atom. The van der Waals surface area contributed by atoms with Crippen molar-refractivity contribution in [1.29, 1.82) is 0 Å². The number of hydrogen-bond acceptors (Lipinski definition) is 6. The van der Waals surface area contributed by atoms with Gasteiger partial charge in [-0.15, -0.1) is 0 Å². The molecule has 0 atom stereocenters. The zero-order chi connectivity index (χ0) is 24.6. The summed E-state index contributed by atoms with van der Waals surface area (Å²) in [7, 11) is 1.59. The Hall–Kier alpha value is -3.00. The van der Waals surface area contributed by atoms with Crippen LogP contribution in [-0.4, -0.2) is 35.5 Å². The highest BCUT2D eigenvalue weighted by molar-refractivity contribution is 8.26. The molecule has 1 aliphatic rings. The molecule has 0 N–H and O–H groups in total. The Morgan fingerprint density at radius 2 is 1.66 bits per heavy atom. The third-order valence-electron chi connectivity index (χ3n) is 5.20.